The molecule has 0 saturated carbocycles. The molecule has 8 heteroatoms. The van der Waals surface area contributed by atoms with Crippen molar-refractivity contribution in [1.29, 1.82) is 0 Å². The Bertz CT molecular complexity index is 2540. The van der Waals surface area contributed by atoms with E-state index in [2.05, 4.69) is 168 Å². The number of aryl methyl sites for hydroxylation is 1. The van der Waals surface area contributed by atoms with Crippen LogP contribution >= 0.6 is 0 Å². The maximum absolute atomic E-state index is 6.67. The third kappa shape index (κ3) is 7.43. The summed E-state index contributed by atoms with van der Waals surface area (Å²) in [6, 6.07) is 56.2. The fourth-order valence-corrected chi connectivity index (χ4v) is 8.28. The zero-order chi connectivity index (χ0) is 40.3. The van der Waals surface area contributed by atoms with Crippen LogP contribution in [0.25, 0.3) is 33.4 Å². The van der Waals surface area contributed by atoms with E-state index in [9.17, 15) is 0 Å². The molecule has 0 amide bonds. The SMILES string of the molecule is CCc1cc(OCc2ccc(-c3ccccc3-c3nnn(C(c4ccccc4)(c4ccccc4)c4ccccc4)n3)cc2)c2cc(O[Si](C)(C)C(C)(C)C)ccc2n1. The van der Waals surface area contributed by atoms with E-state index in [0.717, 1.165) is 73.5 Å². The molecule has 0 N–H and O–H groups in total. The highest BCUT2D eigenvalue weighted by atomic mass is 28.4. The number of pyridine rings is 1. The highest BCUT2D eigenvalue weighted by molar-refractivity contribution is 6.74. The molecule has 0 fully saturated rings. The van der Waals surface area contributed by atoms with E-state index in [1.54, 1.807) is 4.80 Å². The van der Waals surface area contributed by atoms with Crippen molar-refractivity contribution < 1.29 is 9.16 Å². The third-order valence-electron chi connectivity index (χ3n) is 11.5. The normalized spacial score (nSPS) is 12.1. The van der Waals surface area contributed by atoms with Crippen molar-refractivity contribution in [3.05, 3.63) is 192 Å². The smallest absolute Gasteiger partial charge is 0.250 e. The predicted octanol–water partition coefficient (Wildman–Crippen LogP) is 11.9. The number of ether oxygens (including phenoxy) is 1. The zero-order valence-corrected chi connectivity index (χ0v) is 35.1. The first-order valence-corrected chi connectivity index (χ1v) is 22.9. The van der Waals surface area contributed by atoms with Crippen LogP contribution in [0.5, 0.6) is 11.5 Å². The Morgan fingerprint density at radius 1 is 0.638 bits per heavy atom. The first-order valence-electron chi connectivity index (χ1n) is 20.0. The molecule has 0 atom stereocenters. The maximum Gasteiger partial charge on any atom is 0.250 e. The van der Waals surface area contributed by atoms with Gasteiger partial charge in [0.2, 0.25) is 14.1 Å². The molecule has 290 valence electrons. The molecule has 0 aliphatic carbocycles. The van der Waals surface area contributed by atoms with Crippen LogP contribution in [-0.4, -0.2) is 33.5 Å². The second-order valence-corrected chi connectivity index (χ2v) is 21.0. The molecule has 0 bridgehead atoms. The van der Waals surface area contributed by atoms with Crippen LogP contribution < -0.4 is 9.16 Å². The highest BCUT2D eigenvalue weighted by Crippen LogP contribution is 2.41. The summed E-state index contributed by atoms with van der Waals surface area (Å²) < 4.78 is 13.2. The third-order valence-corrected chi connectivity index (χ3v) is 15.8. The standard InChI is InChI=1S/C50H49N5O2Si/c1-7-41-33-47(45-34-42(31-32-46(45)51-41)57-58(5,6)49(2,3)4)56-35-36-27-29-37(30-28-36)43-25-17-18-26-44(43)48-52-54-55(53-48)50(38-19-11-8-12-20-38,39-21-13-9-14-22-39)40-23-15-10-16-24-40/h8-34H,7,35H2,1-6H3. The van der Waals surface area contributed by atoms with Gasteiger partial charge in [-0.05, 0) is 81.3 Å². The van der Waals surface area contributed by atoms with Crippen molar-refractivity contribution in [3.63, 3.8) is 0 Å². The van der Waals surface area contributed by atoms with Gasteiger partial charge in [0.15, 0.2) is 5.54 Å². The van der Waals surface area contributed by atoms with Gasteiger partial charge in [0.05, 0.1) is 5.52 Å². The molecule has 7 nitrogen and oxygen atoms in total. The lowest BCUT2D eigenvalue weighted by Gasteiger charge is -2.36. The van der Waals surface area contributed by atoms with Gasteiger partial charge in [-0.15, -0.1) is 15.0 Å². The van der Waals surface area contributed by atoms with Gasteiger partial charge in [0.1, 0.15) is 18.1 Å². The second-order valence-electron chi connectivity index (χ2n) is 16.2. The number of tetrazole rings is 1. The van der Waals surface area contributed by atoms with Gasteiger partial charge in [0, 0.05) is 22.7 Å². The summed E-state index contributed by atoms with van der Waals surface area (Å²) in [4.78, 5) is 6.67. The van der Waals surface area contributed by atoms with E-state index in [4.69, 9.17) is 29.6 Å². The Kier molecular flexibility index (Phi) is 10.5. The second kappa shape index (κ2) is 15.9. The van der Waals surface area contributed by atoms with Crippen LogP contribution in [0.4, 0.5) is 0 Å². The van der Waals surface area contributed by atoms with Crippen molar-refractivity contribution in [1.82, 2.24) is 25.2 Å². The topological polar surface area (TPSA) is 75.0 Å². The van der Waals surface area contributed by atoms with Crippen molar-refractivity contribution in [2.75, 3.05) is 0 Å². The summed E-state index contributed by atoms with van der Waals surface area (Å²) in [6.07, 6.45) is 0.816. The van der Waals surface area contributed by atoms with Gasteiger partial charge in [-0.3, -0.25) is 4.98 Å². The van der Waals surface area contributed by atoms with Crippen LogP contribution in [0.1, 0.15) is 55.6 Å². The van der Waals surface area contributed by atoms with Gasteiger partial charge >= 0.3 is 0 Å². The molecule has 0 aliphatic rings. The molecule has 0 radical (unpaired) electrons. The van der Waals surface area contributed by atoms with Gasteiger partial charge in [0.25, 0.3) is 0 Å². The molecule has 0 unspecified atom stereocenters. The first kappa shape index (κ1) is 38.5. The summed E-state index contributed by atoms with van der Waals surface area (Å²) in [5, 5.41) is 15.8. The number of aromatic nitrogens is 5. The Balaban J connectivity index is 1.10. The fourth-order valence-electron chi connectivity index (χ4n) is 7.26. The Labute approximate surface area is 342 Å². The van der Waals surface area contributed by atoms with E-state index < -0.39 is 13.9 Å². The molecule has 8 aromatic rings. The highest BCUT2D eigenvalue weighted by Gasteiger charge is 2.41. The molecule has 2 heterocycles. The lowest BCUT2D eigenvalue weighted by Crippen LogP contribution is -2.43. The van der Waals surface area contributed by atoms with Crippen LogP contribution in [0, 0.1) is 0 Å². The molecule has 58 heavy (non-hydrogen) atoms. The molecule has 2 aromatic heterocycles. The van der Waals surface area contributed by atoms with Crippen molar-refractivity contribution in [2.45, 2.75) is 64.4 Å². The average Bonchev–Trinajstić information content (AvgIpc) is 3.74. The van der Waals surface area contributed by atoms with E-state index in [-0.39, 0.29) is 5.04 Å². The van der Waals surface area contributed by atoms with E-state index in [1.807, 2.05) is 36.4 Å². The number of hydrogen-bond acceptors (Lipinski definition) is 6. The molecular formula is C50H49N5O2Si. The zero-order valence-electron chi connectivity index (χ0n) is 34.1. The van der Waals surface area contributed by atoms with Crippen LogP contribution in [0.2, 0.25) is 18.1 Å². The summed E-state index contributed by atoms with van der Waals surface area (Å²) in [7, 11) is -2.02. The van der Waals surface area contributed by atoms with Crippen molar-refractivity contribution in [2.24, 2.45) is 0 Å². The summed E-state index contributed by atoms with van der Waals surface area (Å²) >= 11 is 0. The van der Waals surface area contributed by atoms with Gasteiger partial charge in [-0.2, -0.15) is 0 Å². The maximum atomic E-state index is 6.67. The Morgan fingerprint density at radius 3 is 1.78 bits per heavy atom. The summed E-state index contributed by atoms with van der Waals surface area (Å²) in [5.41, 5.74) is 8.16. The largest absolute Gasteiger partial charge is 0.543 e. The first-order chi connectivity index (χ1) is 28.1. The quantitative estimate of drug-likeness (QED) is 0.0908. The summed E-state index contributed by atoms with van der Waals surface area (Å²) in [6.45, 7) is 13.8. The minimum atomic E-state index is -2.02. The lowest BCUT2D eigenvalue weighted by atomic mass is 9.77. The Morgan fingerprint density at radius 2 is 1.21 bits per heavy atom. The van der Waals surface area contributed by atoms with Crippen LogP contribution in [-0.2, 0) is 18.6 Å². The lowest BCUT2D eigenvalue weighted by molar-refractivity contribution is 0.309. The summed E-state index contributed by atoms with van der Waals surface area (Å²) in [5.74, 6) is 2.21. The predicted molar refractivity (Wildman–Crippen MR) is 237 cm³/mol. The molecule has 0 aliphatic heterocycles. The van der Waals surface area contributed by atoms with Gasteiger partial charge in [-0.1, -0.05) is 167 Å². The van der Waals surface area contributed by atoms with Crippen molar-refractivity contribution >= 4 is 19.2 Å². The van der Waals surface area contributed by atoms with E-state index >= 15 is 0 Å². The molecule has 8 rings (SSSR count). The average molecular weight is 780 g/mol. The Hall–Kier alpha value is -6.38. The number of rotatable bonds is 12. The number of fused-ring (bicyclic) bond motifs is 1. The molecular weight excluding hydrogens is 731 g/mol. The number of hydrogen-bond donors (Lipinski definition) is 0. The molecule has 6 aromatic carbocycles. The minimum absolute atomic E-state index is 0.0896. The van der Waals surface area contributed by atoms with Crippen molar-refractivity contribution in [3.8, 4) is 34.0 Å². The van der Waals surface area contributed by atoms with Crippen LogP contribution in [0.15, 0.2) is 164 Å². The monoisotopic (exact) mass is 779 g/mol. The van der Waals surface area contributed by atoms with E-state index in [1.165, 1.54) is 0 Å². The minimum Gasteiger partial charge on any atom is -0.543 e. The van der Waals surface area contributed by atoms with Gasteiger partial charge in [-0.25, -0.2) is 0 Å². The van der Waals surface area contributed by atoms with E-state index in [0.29, 0.717) is 12.4 Å². The number of nitrogens with zero attached hydrogens (tertiary/aromatic N) is 5. The molecule has 0 spiro atoms. The van der Waals surface area contributed by atoms with Gasteiger partial charge < -0.3 is 9.16 Å². The number of benzene rings is 6. The fraction of sp³-hybridized carbons (Fsp3) is 0.200. The molecule has 0 saturated heterocycles. The van der Waals surface area contributed by atoms with Crippen LogP contribution in [0.3, 0.4) is 0 Å².